The van der Waals surface area contributed by atoms with Gasteiger partial charge in [0.1, 0.15) is 0 Å². The van der Waals surface area contributed by atoms with Gasteiger partial charge in [0.2, 0.25) is 0 Å². The first-order chi connectivity index (χ1) is 9.83. The average Bonchev–Trinajstić information content (AvgIpc) is 2.32. The van der Waals surface area contributed by atoms with Crippen LogP contribution in [0, 0.1) is 16.7 Å². The highest BCUT2D eigenvalue weighted by atomic mass is 31.0. The van der Waals surface area contributed by atoms with Crippen molar-refractivity contribution in [3.63, 3.8) is 0 Å². The van der Waals surface area contributed by atoms with Crippen LogP contribution in [-0.2, 0) is 0 Å². The zero-order valence-electron chi connectivity index (χ0n) is 15.5. The maximum Gasteiger partial charge on any atom is 0.0487 e. The quantitative estimate of drug-likeness (QED) is 0.263. The Morgan fingerprint density at radius 3 is 2.14 bits per heavy atom. The molecule has 0 bridgehead atoms. The van der Waals surface area contributed by atoms with E-state index in [-0.39, 0.29) is 16.9 Å². The third-order valence-corrected chi connectivity index (χ3v) is 4.82. The molecule has 0 spiro atoms. The van der Waals surface area contributed by atoms with Crippen LogP contribution >= 0.6 is 9.39 Å². The van der Waals surface area contributed by atoms with Crippen molar-refractivity contribution in [2.75, 3.05) is 6.54 Å². The minimum atomic E-state index is -0.0815. The van der Waals surface area contributed by atoms with E-state index in [1.54, 1.807) is 5.01 Å². The van der Waals surface area contributed by atoms with E-state index >= 15 is 0 Å². The van der Waals surface area contributed by atoms with Gasteiger partial charge < -0.3 is 15.8 Å². The summed E-state index contributed by atoms with van der Waals surface area (Å²) in [6, 6.07) is 0.0135. The van der Waals surface area contributed by atoms with E-state index in [2.05, 4.69) is 62.6 Å². The van der Waals surface area contributed by atoms with Gasteiger partial charge in [0.25, 0.3) is 0 Å². The molecule has 0 heterocycles. The van der Waals surface area contributed by atoms with Gasteiger partial charge in [-0.2, -0.15) is 0 Å². The maximum atomic E-state index is 6.31. The van der Waals surface area contributed by atoms with Crippen LogP contribution in [0.15, 0.2) is 24.0 Å². The van der Waals surface area contributed by atoms with Gasteiger partial charge in [0, 0.05) is 29.4 Å². The van der Waals surface area contributed by atoms with Gasteiger partial charge in [0.15, 0.2) is 0 Å². The zero-order valence-corrected chi connectivity index (χ0v) is 16.7. The lowest BCUT2D eigenvalue weighted by Crippen LogP contribution is -2.45. The second kappa shape index (κ2) is 8.33. The molecule has 5 heteroatoms. The molecular formula is C17H37N4P. The highest BCUT2D eigenvalue weighted by Gasteiger charge is 2.35. The first kappa shape index (κ1) is 21.4. The Hall–Kier alpha value is -0.570. The highest BCUT2D eigenvalue weighted by molar-refractivity contribution is 7.14. The third-order valence-electron chi connectivity index (χ3n) is 4.44. The molecule has 5 N–H and O–H groups in total. The molecule has 0 aromatic rings. The SMILES string of the molecule is C=C(/C=C(\N(N)CC(C)N)C(C)(C)CC(C)(C)C(C)C)NP. The number of rotatable bonds is 9. The van der Waals surface area contributed by atoms with Crippen molar-refractivity contribution < 1.29 is 0 Å². The number of hydrogen-bond donors (Lipinski definition) is 3. The molecule has 0 aliphatic carbocycles. The topological polar surface area (TPSA) is 67.3 Å². The molecular weight excluding hydrogens is 291 g/mol. The van der Waals surface area contributed by atoms with Gasteiger partial charge >= 0.3 is 0 Å². The van der Waals surface area contributed by atoms with Crippen LogP contribution in [0.3, 0.4) is 0 Å². The Kier molecular flexibility index (Phi) is 8.11. The molecule has 0 aromatic carbocycles. The molecule has 0 amide bonds. The number of allylic oxidation sites excluding steroid dienone is 2. The van der Waals surface area contributed by atoms with E-state index in [1.807, 2.05) is 13.0 Å². The lowest BCUT2D eigenvalue weighted by Gasteiger charge is -2.42. The van der Waals surface area contributed by atoms with Crippen LogP contribution in [0.5, 0.6) is 0 Å². The number of hydrogen-bond acceptors (Lipinski definition) is 4. The van der Waals surface area contributed by atoms with Gasteiger partial charge in [-0.05, 0) is 40.1 Å². The number of nitrogens with one attached hydrogen (secondary N) is 1. The van der Waals surface area contributed by atoms with E-state index in [0.29, 0.717) is 12.5 Å². The zero-order chi connectivity index (χ0) is 17.7. The largest absolute Gasteiger partial charge is 0.370 e. The fourth-order valence-corrected chi connectivity index (χ4v) is 2.80. The third kappa shape index (κ3) is 6.68. The lowest BCUT2D eigenvalue weighted by atomic mass is 9.68. The molecule has 0 aliphatic rings. The Labute approximate surface area is 140 Å². The summed E-state index contributed by atoms with van der Waals surface area (Å²) in [5, 5.41) is 4.77. The van der Waals surface area contributed by atoms with Crippen molar-refractivity contribution in [3.8, 4) is 0 Å². The number of nitrogens with zero attached hydrogens (tertiary/aromatic N) is 1. The van der Waals surface area contributed by atoms with Gasteiger partial charge in [-0.15, -0.1) is 0 Å². The summed E-state index contributed by atoms with van der Waals surface area (Å²) in [4.78, 5) is 0. The molecule has 0 saturated heterocycles. The normalized spacial score (nSPS) is 15.0. The second-order valence-corrected chi connectivity index (χ2v) is 8.32. The number of nitrogens with two attached hydrogens (primary N) is 2. The molecule has 130 valence electrons. The summed E-state index contributed by atoms with van der Waals surface area (Å²) in [6.07, 6.45) is 3.05. The van der Waals surface area contributed by atoms with Crippen LogP contribution in [0.4, 0.5) is 0 Å². The Morgan fingerprint density at radius 1 is 1.27 bits per heavy atom. The summed E-state index contributed by atoms with van der Waals surface area (Å²) in [6.45, 7) is 20.2. The summed E-state index contributed by atoms with van der Waals surface area (Å²) in [5.74, 6) is 6.91. The first-order valence-corrected chi connectivity index (χ1v) is 8.56. The summed E-state index contributed by atoms with van der Waals surface area (Å²) in [7, 11) is 2.47. The Balaban J connectivity index is 5.56. The molecule has 0 saturated carbocycles. The molecule has 4 nitrogen and oxygen atoms in total. The van der Waals surface area contributed by atoms with Crippen LogP contribution in [-0.4, -0.2) is 17.6 Å². The van der Waals surface area contributed by atoms with Crippen LogP contribution in [0.25, 0.3) is 0 Å². The van der Waals surface area contributed by atoms with Gasteiger partial charge in [-0.1, -0.05) is 48.1 Å². The standard InChI is InChI=1S/C17H37N4P/c1-12(2)16(5,6)11-17(7,8)15(9-14(4)20-22)21(19)10-13(3)18/h9,12-13,20H,4,10-11,18-19,22H2,1-3,5-8H3/b15-9-. The maximum absolute atomic E-state index is 6.31. The summed E-state index contributed by atoms with van der Waals surface area (Å²) in [5.41, 5.74) is 7.93. The van der Waals surface area contributed by atoms with E-state index in [0.717, 1.165) is 17.8 Å². The van der Waals surface area contributed by atoms with Crippen LogP contribution in [0.2, 0.25) is 0 Å². The summed E-state index contributed by atoms with van der Waals surface area (Å²) >= 11 is 0. The van der Waals surface area contributed by atoms with Gasteiger partial charge in [0.05, 0.1) is 0 Å². The van der Waals surface area contributed by atoms with E-state index < -0.39 is 0 Å². The molecule has 0 radical (unpaired) electrons. The Bertz CT molecular complexity index is 397. The smallest absolute Gasteiger partial charge is 0.0487 e. The van der Waals surface area contributed by atoms with E-state index in [9.17, 15) is 0 Å². The number of hydrazine groups is 1. The van der Waals surface area contributed by atoms with Crippen molar-refractivity contribution in [3.05, 3.63) is 24.0 Å². The molecule has 0 fully saturated rings. The van der Waals surface area contributed by atoms with E-state index in [1.165, 1.54) is 0 Å². The lowest BCUT2D eigenvalue weighted by molar-refractivity contribution is 0.132. The molecule has 2 unspecified atom stereocenters. The fourth-order valence-electron chi connectivity index (χ4n) is 2.72. The van der Waals surface area contributed by atoms with Crippen molar-refractivity contribution in [1.29, 1.82) is 0 Å². The van der Waals surface area contributed by atoms with Crippen molar-refractivity contribution in [2.45, 2.75) is 60.9 Å². The monoisotopic (exact) mass is 328 g/mol. The van der Waals surface area contributed by atoms with E-state index in [4.69, 9.17) is 11.6 Å². The predicted molar refractivity (Wildman–Crippen MR) is 102 cm³/mol. The van der Waals surface area contributed by atoms with Crippen molar-refractivity contribution >= 4 is 9.39 Å². The van der Waals surface area contributed by atoms with Crippen LogP contribution < -0.4 is 16.7 Å². The van der Waals surface area contributed by atoms with Gasteiger partial charge in [-0.3, -0.25) is 0 Å². The average molecular weight is 328 g/mol. The van der Waals surface area contributed by atoms with Crippen LogP contribution in [0.1, 0.15) is 54.9 Å². The molecule has 2 atom stereocenters. The summed E-state index contributed by atoms with van der Waals surface area (Å²) < 4.78 is 0. The minimum Gasteiger partial charge on any atom is -0.370 e. The minimum absolute atomic E-state index is 0.0135. The molecule has 0 rings (SSSR count). The second-order valence-electron chi connectivity index (χ2n) is 8.03. The highest BCUT2D eigenvalue weighted by Crippen LogP contribution is 2.43. The molecule has 22 heavy (non-hydrogen) atoms. The predicted octanol–water partition coefficient (Wildman–Crippen LogP) is 3.39. The molecule has 0 aliphatic heterocycles. The van der Waals surface area contributed by atoms with Gasteiger partial charge in [-0.25, -0.2) is 5.84 Å². The first-order valence-electron chi connectivity index (χ1n) is 7.99. The van der Waals surface area contributed by atoms with Crippen molar-refractivity contribution in [2.24, 2.45) is 28.3 Å². The van der Waals surface area contributed by atoms with Crippen molar-refractivity contribution in [1.82, 2.24) is 10.1 Å². The fraction of sp³-hybridized carbons (Fsp3) is 0.765. The Morgan fingerprint density at radius 2 is 1.77 bits per heavy atom. The molecule has 0 aromatic heterocycles.